The summed E-state index contributed by atoms with van der Waals surface area (Å²) in [6.07, 6.45) is -0.589. The van der Waals surface area contributed by atoms with E-state index in [0.717, 1.165) is 22.3 Å². The lowest BCUT2D eigenvalue weighted by Crippen LogP contribution is -2.26. The molecule has 0 fully saturated rings. The topological polar surface area (TPSA) is 55.4 Å². The molecular formula is C26H20FNO3. The van der Waals surface area contributed by atoms with E-state index in [0.29, 0.717) is 5.56 Å². The third kappa shape index (κ3) is 4.34. The highest BCUT2D eigenvalue weighted by molar-refractivity contribution is 5.94. The van der Waals surface area contributed by atoms with Gasteiger partial charge in [-0.25, -0.2) is 9.18 Å². The molecule has 5 heteroatoms. The number of rotatable bonds is 4. The number of ketones is 1. The second-order valence-corrected chi connectivity index (χ2v) is 7.23. The number of ether oxygens (including phenoxy) is 1. The van der Waals surface area contributed by atoms with Crippen molar-refractivity contribution in [1.29, 1.82) is 0 Å². The van der Waals surface area contributed by atoms with Gasteiger partial charge >= 0.3 is 6.09 Å². The Morgan fingerprint density at radius 3 is 2.29 bits per heavy atom. The van der Waals surface area contributed by atoms with Gasteiger partial charge in [-0.3, -0.25) is 4.79 Å². The molecule has 0 bridgehead atoms. The van der Waals surface area contributed by atoms with E-state index in [1.54, 1.807) is 0 Å². The van der Waals surface area contributed by atoms with Gasteiger partial charge in [-0.2, -0.15) is 0 Å². The first-order valence-electron chi connectivity index (χ1n) is 9.93. The molecule has 0 saturated carbocycles. The summed E-state index contributed by atoms with van der Waals surface area (Å²) in [4.78, 5) is 23.5. The fourth-order valence-corrected chi connectivity index (χ4v) is 3.75. The van der Waals surface area contributed by atoms with E-state index in [2.05, 4.69) is 41.4 Å². The Morgan fingerprint density at radius 2 is 1.65 bits per heavy atom. The van der Waals surface area contributed by atoms with Crippen LogP contribution in [0, 0.1) is 17.7 Å². The summed E-state index contributed by atoms with van der Waals surface area (Å²) in [5.41, 5.74) is 5.09. The van der Waals surface area contributed by atoms with Gasteiger partial charge < -0.3 is 10.1 Å². The van der Waals surface area contributed by atoms with Gasteiger partial charge in [0.1, 0.15) is 12.4 Å². The quantitative estimate of drug-likeness (QED) is 0.488. The first kappa shape index (κ1) is 20.4. The summed E-state index contributed by atoms with van der Waals surface area (Å²) in [6, 6.07) is 20.2. The number of nitrogens with one attached hydrogen (secondary N) is 1. The van der Waals surface area contributed by atoms with Crippen LogP contribution >= 0.6 is 0 Å². The van der Waals surface area contributed by atoms with Gasteiger partial charge in [0.15, 0.2) is 5.78 Å². The summed E-state index contributed by atoms with van der Waals surface area (Å²) in [6.45, 7) is 1.62. The van der Waals surface area contributed by atoms with Crippen LogP contribution in [-0.4, -0.2) is 25.0 Å². The Morgan fingerprint density at radius 1 is 1.00 bits per heavy atom. The van der Waals surface area contributed by atoms with E-state index in [9.17, 15) is 14.0 Å². The molecule has 0 heterocycles. The molecule has 1 N–H and O–H groups in total. The minimum absolute atomic E-state index is 0.000410. The molecule has 4 rings (SSSR count). The van der Waals surface area contributed by atoms with Crippen molar-refractivity contribution in [3.8, 4) is 23.0 Å². The molecule has 1 amide bonds. The summed E-state index contributed by atoms with van der Waals surface area (Å²) in [7, 11) is 0. The normalized spacial score (nSPS) is 11.7. The zero-order valence-corrected chi connectivity index (χ0v) is 16.9. The number of carbonyl (C=O) groups is 2. The van der Waals surface area contributed by atoms with Crippen molar-refractivity contribution < 1.29 is 18.7 Å². The smallest absolute Gasteiger partial charge is 0.407 e. The summed E-state index contributed by atoms with van der Waals surface area (Å²) in [5, 5.41) is 2.56. The van der Waals surface area contributed by atoms with Crippen molar-refractivity contribution in [3.05, 3.63) is 94.8 Å². The first-order valence-corrected chi connectivity index (χ1v) is 9.93. The maximum absolute atomic E-state index is 13.8. The molecule has 0 spiro atoms. The maximum atomic E-state index is 13.8. The first-order chi connectivity index (χ1) is 15.0. The average molecular weight is 413 g/mol. The molecule has 1 aliphatic rings. The van der Waals surface area contributed by atoms with Crippen molar-refractivity contribution in [2.24, 2.45) is 0 Å². The lowest BCUT2D eigenvalue weighted by Gasteiger charge is -2.14. The Kier molecular flexibility index (Phi) is 5.81. The monoisotopic (exact) mass is 413 g/mol. The Labute approximate surface area is 180 Å². The standard InChI is InChI=1S/C26H20FNO3/c1-17(29)18-12-13-25(27)19(15-18)7-6-14-28-26(30)31-16-24-22-10-4-2-8-20(22)21-9-3-5-11-23(21)24/h2-5,8-13,15,24H,14,16H2,1H3,(H,28,30). The van der Waals surface area contributed by atoms with Gasteiger partial charge in [-0.05, 0) is 47.4 Å². The number of alkyl carbamates (subject to hydrolysis) is 1. The van der Waals surface area contributed by atoms with Crippen LogP contribution in [0.25, 0.3) is 11.1 Å². The maximum Gasteiger partial charge on any atom is 0.407 e. The van der Waals surface area contributed by atoms with E-state index >= 15 is 0 Å². The van der Waals surface area contributed by atoms with Gasteiger partial charge in [0.25, 0.3) is 0 Å². The lowest BCUT2D eigenvalue weighted by atomic mass is 9.98. The SMILES string of the molecule is CC(=O)c1ccc(F)c(C#CCNC(=O)OCC2c3ccccc3-c3ccccc32)c1. The number of amides is 1. The summed E-state index contributed by atoms with van der Waals surface area (Å²) >= 11 is 0. The highest BCUT2D eigenvalue weighted by Crippen LogP contribution is 2.44. The van der Waals surface area contributed by atoms with Gasteiger partial charge in [0.05, 0.1) is 12.1 Å². The number of hydrogen-bond donors (Lipinski definition) is 1. The Hall–Kier alpha value is -3.91. The number of Topliss-reactive ketones (excluding diaryl/α,β-unsaturated/α-hetero) is 1. The molecule has 1 aliphatic carbocycles. The molecule has 154 valence electrons. The van der Waals surface area contributed by atoms with Crippen LogP contribution < -0.4 is 5.32 Å². The van der Waals surface area contributed by atoms with Crippen molar-refractivity contribution in [2.45, 2.75) is 12.8 Å². The van der Waals surface area contributed by atoms with Crippen molar-refractivity contribution in [2.75, 3.05) is 13.2 Å². The van der Waals surface area contributed by atoms with Crippen molar-refractivity contribution in [1.82, 2.24) is 5.32 Å². The number of fused-ring (bicyclic) bond motifs is 3. The van der Waals surface area contributed by atoms with Crippen LogP contribution in [-0.2, 0) is 4.74 Å². The van der Waals surface area contributed by atoms with E-state index in [4.69, 9.17) is 4.74 Å². The van der Waals surface area contributed by atoms with Gasteiger partial charge in [-0.15, -0.1) is 0 Å². The van der Waals surface area contributed by atoms with Crippen molar-refractivity contribution in [3.63, 3.8) is 0 Å². The minimum Gasteiger partial charge on any atom is -0.449 e. The third-order valence-electron chi connectivity index (χ3n) is 5.26. The van der Waals surface area contributed by atoms with Crippen LogP contribution in [0.3, 0.4) is 0 Å². The molecule has 31 heavy (non-hydrogen) atoms. The Balaban J connectivity index is 1.36. The van der Waals surface area contributed by atoms with Gasteiger partial charge in [0, 0.05) is 11.5 Å². The second-order valence-electron chi connectivity index (χ2n) is 7.23. The molecular weight excluding hydrogens is 393 g/mol. The van der Waals surface area contributed by atoms with Crippen LogP contribution in [0.2, 0.25) is 0 Å². The van der Waals surface area contributed by atoms with E-state index in [1.165, 1.54) is 25.1 Å². The van der Waals surface area contributed by atoms with E-state index < -0.39 is 11.9 Å². The number of hydrogen-bond acceptors (Lipinski definition) is 3. The molecule has 0 aliphatic heterocycles. The van der Waals surface area contributed by atoms with Crippen molar-refractivity contribution >= 4 is 11.9 Å². The van der Waals surface area contributed by atoms with Crippen LogP contribution in [0.1, 0.15) is 39.9 Å². The molecule has 4 nitrogen and oxygen atoms in total. The molecule has 0 radical (unpaired) electrons. The lowest BCUT2D eigenvalue weighted by molar-refractivity contribution is 0.101. The average Bonchev–Trinajstić information content (AvgIpc) is 3.10. The van der Waals surface area contributed by atoms with Crippen LogP contribution in [0.15, 0.2) is 66.7 Å². The number of benzene rings is 3. The fraction of sp³-hybridized carbons (Fsp3) is 0.154. The van der Waals surface area contributed by atoms with Gasteiger partial charge in [-0.1, -0.05) is 60.4 Å². The van der Waals surface area contributed by atoms with Crippen LogP contribution in [0.5, 0.6) is 0 Å². The summed E-state index contributed by atoms with van der Waals surface area (Å²) in [5.74, 6) is 4.62. The number of halogens is 1. The molecule has 0 saturated heterocycles. The zero-order valence-electron chi connectivity index (χ0n) is 16.9. The predicted octanol–water partition coefficient (Wildman–Crippen LogP) is 4.92. The largest absolute Gasteiger partial charge is 0.449 e. The van der Waals surface area contributed by atoms with Gasteiger partial charge in [0.2, 0.25) is 0 Å². The molecule has 0 atom stereocenters. The molecule has 0 unspecified atom stereocenters. The highest BCUT2D eigenvalue weighted by Gasteiger charge is 2.28. The number of carbonyl (C=O) groups excluding carboxylic acids is 2. The second kappa shape index (κ2) is 8.85. The Bertz CT molecular complexity index is 1180. The third-order valence-corrected chi connectivity index (χ3v) is 5.26. The fourth-order valence-electron chi connectivity index (χ4n) is 3.75. The van der Waals surface area contributed by atoms with Crippen LogP contribution in [0.4, 0.5) is 9.18 Å². The predicted molar refractivity (Wildman–Crippen MR) is 116 cm³/mol. The molecule has 3 aromatic carbocycles. The molecule has 0 aromatic heterocycles. The van der Waals surface area contributed by atoms with E-state index in [1.807, 2.05) is 24.3 Å². The molecule has 3 aromatic rings. The highest BCUT2D eigenvalue weighted by atomic mass is 19.1. The van der Waals surface area contributed by atoms with E-state index in [-0.39, 0.29) is 30.4 Å². The summed E-state index contributed by atoms with van der Waals surface area (Å²) < 4.78 is 19.3. The minimum atomic E-state index is -0.589. The zero-order chi connectivity index (χ0) is 21.8.